The van der Waals surface area contributed by atoms with Crippen LogP contribution in [0.1, 0.15) is 20.3 Å². The molecule has 152 valence electrons. The molecule has 8 nitrogen and oxygen atoms in total. The van der Waals surface area contributed by atoms with Crippen LogP contribution in [0.3, 0.4) is 0 Å². The highest BCUT2D eigenvalue weighted by atomic mass is 16.5. The molecule has 0 bridgehead atoms. The number of carbonyl (C=O) groups excluding carboxylic acids is 3. The maximum absolute atomic E-state index is 12.9. The van der Waals surface area contributed by atoms with Crippen molar-refractivity contribution in [2.75, 3.05) is 44.7 Å². The summed E-state index contributed by atoms with van der Waals surface area (Å²) in [7, 11) is 1.57. The van der Waals surface area contributed by atoms with E-state index in [1.807, 2.05) is 13.8 Å². The van der Waals surface area contributed by atoms with Crippen LogP contribution in [0, 0.1) is 0 Å². The molecule has 2 aliphatic heterocycles. The van der Waals surface area contributed by atoms with Crippen molar-refractivity contribution in [3.63, 3.8) is 0 Å². The molecule has 3 rings (SSSR count). The van der Waals surface area contributed by atoms with Crippen LogP contribution in [-0.4, -0.2) is 79.4 Å². The fraction of sp³-hybridized carbons (Fsp3) is 0.550. The Labute approximate surface area is 165 Å². The van der Waals surface area contributed by atoms with Crippen LogP contribution in [-0.2, 0) is 14.4 Å². The number of anilines is 1. The summed E-state index contributed by atoms with van der Waals surface area (Å²) in [5.41, 5.74) is 0.572. The van der Waals surface area contributed by atoms with E-state index in [1.165, 1.54) is 4.90 Å². The first-order valence-corrected chi connectivity index (χ1v) is 9.65. The molecule has 0 spiro atoms. The number of ether oxygens (including phenoxy) is 1. The molecule has 2 fully saturated rings. The number of carbonyl (C=O) groups is 3. The van der Waals surface area contributed by atoms with Gasteiger partial charge in [0.05, 0.1) is 31.8 Å². The lowest BCUT2D eigenvalue weighted by Gasteiger charge is -2.36. The van der Waals surface area contributed by atoms with Gasteiger partial charge in [-0.25, -0.2) is 4.90 Å². The Morgan fingerprint density at radius 3 is 2.36 bits per heavy atom. The van der Waals surface area contributed by atoms with Crippen molar-refractivity contribution in [3.8, 4) is 5.75 Å². The summed E-state index contributed by atoms with van der Waals surface area (Å²) in [6.07, 6.45) is 0.193. The van der Waals surface area contributed by atoms with Crippen LogP contribution in [0.25, 0.3) is 0 Å². The number of imide groups is 1. The van der Waals surface area contributed by atoms with E-state index in [0.29, 0.717) is 44.2 Å². The first kappa shape index (κ1) is 20.3. The van der Waals surface area contributed by atoms with Gasteiger partial charge in [0.15, 0.2) is 0 Å². The average molecular weight is 388 g/mol. The Morgan fingerprint density at radius 1 is 1.14 bits per heavy atom. The van der Waals surface area contributed by atoms with Gasteiger partial charge in [-0.05, 0) is 38.1 Å². The molecule has 0 aliphatic carbocycles. The SMILES string of the molecule is COc1ccc(N2C(=O)C[C@@H](N3CCN(CC(=O)NC(C)C)CC3)C2=O)cc1. The van der Waals surface area contributed by atoms with Gasteiger partial charge in [0.2, 0.25) is 11.8 Å². The molecule has 0 aromatic heterocycles. The molecule has 2 heterocycles. The Morgan fingerprint density at radius 2 is 1.79 bits per heavy atom. The monoisotopic (exact) mass is 388 g/mol. The third-order valence-corrected chi connectivity index (χ3v) is 5.12. The van der Waals surface area contributed by atoms with E-state index in [1.54, 1.807) is 31.4 Å². The molecule has 1 atom stereocenters. The molecular formula is C20H28N4O4. The van der Waals surface area contributed by atoms with Crippen molar-refractivity contribution >= 4 is 23.4 Å². The highest BCUT2D eigenvalue weighted by Gasteiger charge is 2.43. The number of piperazine rings is 1. The van der Waals surface area contributed by atoms with E-state index in [9.17, 15) is 14.4 Å². The molecule has 0 radical (unpaired) electrons. The summed E-state index contributed by atoms with van der Waals surface area (Å²) in [5.74, 6) is 0.332. The molecule has 2 aliphatic rings. The maximum Gasteiger partial charge on any atom is 0.251 e. The molecule has 2 saturated heterocycles. The van der Waals surface area contributed by atoms with Gasteiger partial charge < -0.3 is 10.1 Å². The molecule has 28 heavy (non-hydrogen) atoms. The topological polar surface area (TPSA) is 82.2 Å². The van der Waals surface area contributed by atoms with Crippen LogP contribution < -0.4 is 15.0 Å². The first-order valence-electron chi connectivity index (χ1n) is 9.65. The summed E-state index contributed by atoms with van der Waals surface area (Å²) >= 11 is 0. The van der Waals surface area contributed by atoms with Gasteiger partial charge in [0, 0.05) is 32.2 Å². The number of hydrogen-bond acceptors (Lipinski definition) is 6. The fourth-order valence-electron chi connectivity index (χ4n) is 3.71. The molecular weight excluding hydrogens is 360 g/mol. The lowest BCUT2D eigenvalue weighted by Crippen LogP contribution is -2.54. The highest BCUT2D eigenvalue weighted by Crippen LogP contribution is 2.27. The molecule has 0 saturated carbocycles. The molecule has 1 N–H and O–H groups in total. The predicted octanol–water partition coefficient (Wildman–Crippen LogP) is 0.469. The van der Waals surface area contributed by atoms with Crippen molar-refractivity contribution in [3.05, 3.63) is 24.3 Å². The second-order valence-electron chi connectivity index (χ2n) is 7.52. The summed E-state index contributed by atoms with van der Waals surface area (Å²) in [4.78, 5) is 42.7. The van der Waals surface area contributed by atoms with E-state index in [-0.39, 0.29) is 30.2 Å². The standard InChI is InChI=1S/C20H28N4O4/c1-14(2)21-18(25)13-22-8-10-23(11-9-22)17-12-19(26)24(20(17)27)15-4-6-16(28-3)7-5-15/h4-7,14,17H,8-13H2,1-3H3,(H,21,25)/t17-/m1/s1. The van der Waals surface area contributed by atoms with E-state index < -0.39 is 6.04 Å². The average Bonchev–Trinajstić information content (AvgIpc) is 2.96. The summed E-state index contributed by atoms with van der Waals surface area (Å²) in [5, 5.41) is 2.89. The van der Waals surface area contributed by atoms with E-state index in [4.69, 9.17) is 4.74 Å². The molecule has 3 amide bonds. The van der Waals surface area contributed by atoms with Crippen LogP contribution >= 0.6 is 0 Å². The zero-order valence-electron chi connectivity index (χ0n) is 16.7. The number of nitrogens with one attached hydrogen (secondary N) is 1. The quantitative estimate of drug-likeness (QED) is 0.714. The number of amides is 3. The van der Waals surface area contributed by atoms with E-state index in [0.717, 1.165) is 0 Å². The fourth-order valence-corrected chi connectivity index (χ4v) is 3.71. The number of rotatable bonds is 6. The van der Waals surface area contributed by atoms with Gasteiger partial charge in [-0.2, -0.15) is 0 Å². The Bertz CT molecular complexity index is 726. The summed E-state index contributed by atoms with van der Waals surface area (Å²) in [6, 6.07) is 6.62. The van der Waals surface area contributed by atoms with Crippen molar-refractivity contribution in [1.82, 2.24) is 15.1 Å². The van der Waals surface area contributed by atoms with Gasteiger partial charge in [-0.1, -0.05) is 0 Å². The largest absolute Gasteiger partial charge is 0.497 e. The molecule has 1 aromatic rings. The maximum atomic E-state index is 12.9. The highest BCUT2D eigenvalue weighted by molar-refractivity contribution is 6.22. The first-order chi connectivity index (χ1) is 13.4. The Hall–Kier alpha value is -2.45. The number of methoxy groups -OCH3 is 1. The minimum atomic E-state index is -0.429. The van der Waals surface area contributed by atoms with Crippen molar-refractivity contribution in [2.24, 2.45) is 0 Å². The minimum Gasteiger partial charge on any atom is -0.497 e. The third-order valence-electron chi connectivity index (χ3n) is 5.12. The van der Waals surface area contributed by atoms with Gasteiger partial charge in [0.25, 0.3) is 5.91 Å². The van der Waals surface area contributed by atoms with Gasteiger partial charge in [-0.15, -0.1) is 0 Å². The minimum absolute atomic E-state index is 0.0150. The van der Waals surface area contributed by atoms with Crippen molar-refractivity contribution in [2.45, 2.75) is 32.4 Å². The molecule has 0 unspecified atom stereocenters. The second kappa shape index (κ2) is 8.70. The van der Waals surface area contributed by atoms with Crippen molar-refractivity contribution in [1.29, 1.82) is 0 Å². The smallest absolute Gasteiger partial charge is 0.251 e. The van der Waals surface area contributed by atoms with Crippen LogP contribution in [0.5, 0.6) is 5.75 Å². The normalized spacial score (nSPS) is 21.4. The van der Waals surface area contributed by atoms with Crippen molar-refractivity contribution < 1.29 is 19.1 Å². The lowest BCUT2D eigenvalue weighted by molar-refractivity contribution is -0.125. The van der Waals surface area contributed by atoms with E-state index in [2.05, 4.69) is 15.1 Å². The Kier molecular flexibility index (Phi) is 6.31. The second-order valence-corrected chi connectivity index (χ2v) is 7.52. The molecule has 8 heteroatoms. The van der Waals surface area contributed by atoms with Crippen LogP contribution in [0.4, 0.5) is 5.69 Å². The van der Waals surface area contributed by atoms with Crippen LogP contribution in [0.15, 0.2) is 24.3 Å². The third kappa shape index (κ3) is 4.51. The summed E-state index contributed by atoms with van der Waals surface area (Å²) < 4.78 is 5.13. The summed E-state index contributed by atoms with van der Waals surface area (Å²) in [6.45, 7) is 6.96. The number of benzene rings is 1. The lowest BCUT2D eigenvalue weighted by atomic mass is 10.1. The van der Waals surface area contributed by atoms with Gasteiger partial charge in [-0.3, -0.25) is 24.2 Å². The van der Waals surface area contributed by atoms with E-state index >= 15 is 0 Å². The zero-order valence-corrected chi connectivity index (χ0v) is 16.7. The predicted molar refractivity (Wildman–Crippen MR) is 105 cm³/mol. The van der Waals surface area contributed by atoms with Gasteiger partial charge >= 0.3 is 0 Å². The molecule has 1 aromatic carbocycles. The number of nitrogens with zero attached hydrogens (tertiary/aromatic N) is 3. The Balaban J connectivity index is 1.57. The van der Waals surface area contributed by atoms with Gasteiger partial charge in [0.1, 0.15) is 5.75 Å². The van der Waals surface area contributed by atoms with Crippen LogP contribution in [0.2, 0.25) is 0 Å². The zero-order chi connectivity index (χ0) is 20.3. The number of hydrogen-bond donors (Lipinski definition) is 1.